The normalized spacial score (nSPS) is 14.6. The number of urea groups is 1. The molecule has 0 atom stereocenters. The third-order valence-electron chi connectivity index (χ3n) is 5.00. The Morgan fingerprint density at radius 1 is 1.14 bits per heavy atom. The van der Waals surface area contributed by atoms with Gasteiger partial charge in [0.15, 0.2) is 0 Å². The molecule has 28 heavy (non-hydrogen) atoms. The number of ether oxygens (including phenoxy) is 1. The molecule has 2 amide bonds. The molecule has 2 aromatic carbocycles. The van der Waals surface area contributed by atoms with Crippen LogP contribution in [0.1, 0.15) is 17.5 Å². The molecule has 0 spiro atoms. The number of para-hydroxylation sites is 1. The Morgan fingerprint density at radius 2 is 1.86 bits per heavy atom. The number of hydrogen-bond donors (Lipinski definition) is 1. The van der Waals surface area contributed by atoms with Gasteiger partial charge in [0.2, 0.25) is 0 Å². The van der Waals surface area contributed by atoms with Crippen molar-refractivity contribution in [2.24, 2.45) is 0 Å². The lowest BCUT2D eigenvalue weighted by atomic mass is 10.2. The van der Waals surface area contributed by atoms with Gasteiger partial charge < -0.3 is 15.0 Å². The minimum absolute atomic E-state index is 0.101. The zero-order valence-electron chi connectivity index (χ0n) is 16.4. The number of halogens is 1. The second kappa shape index (κ2) is 10.5. The zero-order valence-corrected chi connectivity index (χ0v) is 17.1. The van der Waals surface area contributed by atoms with Gasteiger partial charge in [0.05, 0.1) is 13.2 Å². The van der Waals surface area contributed by atoms with Crippen molar-refractivity contribution >= 4 is 23.3 Å². The number of aryl methyl sites for hydroxylation is 1. The largest absolute Gasteiger partial charge is 0.379 e. The predicted molar refractivity (Wildman–Crippen MR) is 114 cm³/mol. The van der Waals surface area contributed by atoms with Gasteiger partial charge in [0.25, 0.3) is 0 Å². The van der Waals surface area contributed by atoms with Crippen molar-refractivity contribution in [2.45, 2.75) is 19.9 Å². The Kier molecular flexibility index (Phi) is 7.71. The molecule has 6 heteroatoms. The number of amides is 2. The van der Waals surface area contributed by atoms with Crippen LogP contribution in [0, 0.1) is 6.92 Å². The molecule has 1 fully saturated rings. The van der Waals surface area contributed by atoms with E-state index in [4.69, 9.17) is 16.3 Å². The van der Waals surface area contributed by atoms with Gasteiger partial charge in [-0.25, -0.2) is 4.79 Å². The maximum atomic E-state index is 13.0. The van der Waals surface area contributed by atoms with Crippen LogP contribution in [0.5, 0.6) is 0 Å². The molecular weight excluding hydrogens is 374 g/mol. The lowest BCUT2D eigenvalue weighted by molar-refractivity contribution is 0.0365. The number of nitrogens with zero attached hydrogens (tertiary/aromatic N) is 2. The van der Waals surface area contributed by atoms with Crippen LogP contribution in [0.25, 0.3) is 0 Å². The monoisotopic (exact) mass is 401 g/mol. The second-order valence-corrected chi connectivity index (χ2v) is 7.47. The minimum Gasteiger partial charge on any atom is -0.379 e. The van der Waals surface area contributed by atoms with Crippen LogP contribution in [0.15, 0.2) is 48.5 Å². The number of benzene rings is 2. The van der Waals surface area contributed by atoms with Gasteiger partial charge in [-0.3, -0.25) is 4.90 Å². The molecule has 150 valence electrons. The van der Waals surface area contributed by atoms with E-state index in [0.717, 1.165) is 56.1 Å². The van der Waals surface area contributed by atoms with Crippen molar-refractivity contribution in [1.82, 2.24) is 9.80 Å². The van der Waals surface area contributed by atoms with Crippen LogP contribution in [0.4, 0.5) is 10.5 Å². The Bertz CT molecular complexity index is 778. The Labute approximate surface area is 172 Å². The average molecular weight is 402 g/mol. The van der Waals surface area contributed by atoms with E-state index in [-0.39, 0.29) is 6.03 Å². The van der Waals surface area contributed by atoms with Crippen molar-refractivity contribution in [3.63, 3.8) is 0 Å². The number of anilines is 1. The molecule has 0 aromatic heterocycles. The number of carbonyl (C=O) groups is 1. The highest BCUT2D eigenvalue weighted by molar-refractivity contribution is 6.31. The first-order valence-corrected chi connectivity index (χ1v) is 10.2. The van der Waals surface area contributed by atoms with Gasteiger partial charge in [0.1, 0.15) is 0 Å². The molecule has 5 nitrogen and oxygen atoms in total. The van der Waals surface area contributed by atoms with Crippen molar-refractivity contribution in [1.29, 1.82) is 0 Å². The summed E-state index contributed by atoms with van der Waals surface area (Å²) in [5.74, 6) is 0. The van der Waals surface area contributed by atoms with Crippen LogP contribution in [0.3, 0.4) is 0 Å². The highest BCUT2D eigenvalue weighted by Crippen LogP contribution is 2.19. The van der Waals surface area contributed by atoms with Gasteiger partial charge >= 0.3 is 6.03 Å². The van der Waals surface area contributed by atoms with Gasteiger partial charge in [-0.1, -0.05) is 48.0 Å². The highest BCUT2D eigenvalue weighted by Gasteiger charge is 2.17. The summed E-state index contributed by atoms with van der Waals surface area (Å²) < 4.78 is 5.40. The van der Waals surface area contributed by atoms with E-state index in [1.807, 2.05) is 60.4 Å². The number of nitrogens with one attached hydrogen (secondary N) is 1. The van der Waals surface area contributed by atoms with Crippen LogP contribution >= 0.6 is 11.6 Å². The molecule has 1 heterocycles. The van der Waals surface area contributed by atoms with E-state index in [0.29, 0.717) is 18.1 Å². The topological polar surface area (TPSA) is 44.8 Å². The Balaban J connectivity index is 1.65. The van der Waals surface area contributed by atoms with Crippen LogP contribution in [0.2, 0.25) is 5.02 Å². The number of morpholine rings is 1. The Morgan fingerprint density at radius 3 is 2.61 bits per heavy atom. The van der Waals surface area contributed by atoms with E-state index >= 15 is 0 Å². The van der Waals surface area contributed by atoms with Crippen LogP contribution < -0.4 is 5.32 Å². The van der Waals surface area contributed by atoms with E-state index < -0.39 is 0 Å². The first kappa shape index (κ1) is 20.6. The second-order valence-electron chi connectivity index (χ2n) is 7.07. The number of rotatable bonds is 7. The van der Waals surface area contributed by atoms with E-state index in [9.17, 15) is 4.79 Å². The van der Waals surface area contributed by atoms with E-state index in [1.165, 1.54) is 0 Å². The summed E-state index contributed by atoms with van der Waals surface area (Å²) in [6.07, 6.45) is 0.908. The van der Waals surface area contributed by atoms with Crippen molar-refractivity contribution in [3.05, 3.63) is 64.7 Å². The summed E-state index contributed by atoms with van der Waals surface area (Å²) in [6, 6.07) is 15.4. The average Bonchev–Trinajstić information content (AvgIpc) is 2.71. The molecule has 0 unspecified atom stereocenters. The summed E-state index contributed by atoms with van der Waals surface area (Å²) in [4.78, 5) is 17.2. The molecule has 2 aromatic rings. The number of hydrogen-bond acceptors (Lipinski definition) is 3. The van der Waals surface area contributed by atoms with Gasteiger partial charge in [-0.15, -0.1) is 0 Å². The van der Waals surface area contributed by atoms with E-state index in [2.05, 4.69) is 10.2 Å². The lowest BCUT2D eigenvalue weighted by Crippen LogP contribution is -2.40. The smallest absolute Gasteiger partial charge is 0.322 e. The van der Waals surface area contributed by atoms with Gasteiger partial charge in [0, 0.05) is 43.4 Å². The Hall–Kier alpha value is -2.08. The molecule has 1 aliphatic heterocycles. The molecule has 0 radical (unpaired) electrons. The molecule has 0 bridgehead atoms. The quantitative estimate of drug-likeness (QED) is 0.747. The number of carbonyl (C=O) groups excluding carboxylic acids is 1. The van der Waals surface area contributed by atoms with Gasteiger partial charge in [-0.05, 0) is 36.6 Å². The first-order valence-electron chi connectivity index (χ1n) is 9.78. The SMILES string of the molecule is Cc1ccccc1NC(=O)N(CCCN1CCOCC1)Cc1ccccc1Cl. The predicted octanol–water partition coefficient (Wildman–Crippen LogP) is 4.40. The zero-order chi connectivity index (χ0) is 19.8. The van der Waals surface area contributed by atoms with Crippen molar-refractivity contribution < 1.29 is 9.53 Å². The third-order valence-corrected chi connectivity index (χ3v) is 5.37. The first-order chi connectivity index (χ1) is 13.6. The molecule has 1 saturated heterocycles. The summed E-state index contributed by atoms with van der Waals surface area (Å²) in [7, 11) is 0. The lowest BCUT2D eigenvalue weighted by Gasteiger charge is -2.28. The summed E-state index contributed by atoms with van der Waals surface area (Å²) in [5.41, 5.74) is 2.84. The summed E-state index contributed by atoms with van der Waals surface area (Å²) >= 11 is 6.33. The molecule has 3 rings (SSSR count). The minimum atomic E-state index is -0.101. The fourth-order valence-corrected chi connectivity index (χ4v) is 3.50. The van der Waals surface area contributed by atoms with Crippen LogP contribution in [-0.2, 0) is 11.3 Å². The summed E-state index contributed by atoms with van der Waals surface area (Å²) in [6.45, 7) is 7.60. The van der Waals surface area contributed by atoms with E-state index in [1.54, 1.807) is 0 Å². The third kappa shape index (κ3) is 5.96. The maximum absolute atomic E-state index is 13.0. The standard InChI is InChI=1S/C22H28ClN3O2/c1-18-7-2-5-10-21(18)24-22(27)26(17-19-8-3-4-9-20(19)23)12-6-11-25-13-15-28-16-14-25/h2-5,7-10H,6,11-17H2,1H3,(H,24,27). The maximum Gasteiger partial charge on any atom is 0.322 e. The molecule has 0 aliphatic carbocycles. The molecule has 1 N–H and O–H groups in total. The fraction of sp³-hybridized carbons (Fsp3) is 0.409. The molecule has 1 aliphatic rings. The highest BCUT2D eigenvalue weighted by atomic mass is 35.5. The molecular formula is C22H28ClN3O2. The molecule has 0 saturated carbocycles. The van der Waals surface area contributed by atoms with Gasteiger partial charge in [-0.2, -0.15) is 0 Å². The van der Waals surface area contributed by atoms with Crippen molar-refractivity contribution in [3.8, 4) is 0 Å². The van der Waals surface area contributed by atoms with Crippen molar-refractivity contribution in [2.75, 3.05) is 44.7 Å². The fourth-order valence-electron chi connectivity index (χ4n) is 3.30. The van der Waals surface area contributed by atoms with Crippen LogP contribution in [-0.4, -0.2) is 55.2 Å². The summed E-state index contributed by atoms with van der Waals surface area (Å²) in [5, 5.41) is 3.73.